The van der Waals surface area contributed by atoms with Crippen LogP contribution in [0.25, 0.3) is 0 Å². The molecular formula is C17H30N2O3. The zero-order valence-electron chi connectivity index (χ0n) is 14.0. The maximum atomic E-state index is 12.9. The summed E-state index contributed by atoms with van der Waals surface area (Å²) in [6.45, 7) is 7.24. The summed E-state index contributed by atoms with van der Waals surface area (Å²) in [5.41, 5.74) is 0. The van der Waals surface area contributed by atoms with Gasteiger partial charge in [0, 0.05) is 12.1 Å². The molecular weight excluding hydrogens is 280 g/mol. The molecule has 22 heavy (non-hydrogen) atoms. The Morgan fingerprint density at radius 1 is 1.00 bits per heavy atom. The minimum atomic E-state index is -0.135. The van der Waals surface area contributed by atoms with Crippen molar-refractivity contribution in [2.45, 2.75) is 76.8 Å². The standard InChI is InChI=1S/C17H30N2O3/c1-13-6-5-7-14(2)19(13)16(20)12-18-9-4-3-8-15(18)17-21-10-11-22-17/h13-15,17H,3-12H2,1-2H3. The van der Waals surface area contributed by atoms with E-state index >= 15 is 0 Å². The van der Waals surface area contributed by atoms with Gasteiger partial charge in [-0.05, 0) is 52.5 Å². The number of amides is 1. The summed E-state index contributed by atoms with van der Waals surface area (Å²) in [5, 5.41) is 0. The molecule has 0 bridgehead atoms. The SMILES string of the molecule is CC1CCCC(C)N1C(=O)CN1CCCCC1C1OCCO1. The highest BCUT2D eigenvalue weighted by Crippen LogP contribution is 2.26. The van der Waals surface area contributed by atoms with Crippen LogP contribution in [0.3, 0.4) is 0 Å². The maximum absolute atomic E-state index is 12.9. The minimum absolute atomic E-state index is 0.135. The minimum Gasteiger partial charge on any atom is -0.349 e. The summed E-state index contributed by atoms with van der Waals surface area (Å²) >= 11 is 0. The van der Waals surface area contributed by atoms with Crippen LogP contribution in [0.5, 0.6) is 0 Å². The van der Waals surface area contributed by atoms with Gasteiger partial charge in [-0.3, -0.25) is 9.69 Å². The summed E-state index contributed by atoms with van der Waals surface area (Å²) in [7, 11) is 0. The fraction of sp³-hybridized carbons (Fsp3) is 0.941. The predicted octanol–water partition coefficient (Wildman–Crippen LogP) is 2.00. The number of carbonyl (C=O) groups excluding carboxylic acids is 1. The van der Waals surface area contributed by atoms with Crippen molar-refractivity contribution in [3.8, 4) is 0 Å². The number of nitrogens with zero attached hydrogens (tertiary/aromatic N) is 2. The molecule has 5 heteroatoms. The van der Waals surface area contributed by atoms with Gasteiger partial charge in [-0.15, -0.1) is 0 Å². The van der Waals surface area contributed by atoms with Crippen LogP contribution in [-0.2, 0) is 14.3 Å². The van der Waals surface area contributed by atoms with Gasteiger partial charge in [-0.2, -0.15) is 0 Å². The molecule has 3 rings (SSSR count). The molecule has 0 spiro atoms. The predicted molar refractivity (Wildman–Crippen MR) is 84.5 cm³/mol. The van der Waals surface area contributed by atoms with Crippen molar-refractivity contribution in [3.63, 3.8) is 0 Å². The molecule has 0 radical (unpaired) electrons. The Kier molecular flexibility index (Phi) is 5.37. The number of hydrogen-bond donors (Lipinski definition) is 0. The van der Waals surface area contributed by atoms with Crippen LogP contribution < -0.4 is 0 Å². The van der Waals surface area contributed by atoms with E-state index in [1.54, 1.807) is 0 Å². The molecule has 0 aromatic rings. The second kappa shape index (κ2) is 7.28. The second-order valence-corrected chi connectivity index (χ2v) is 7.07. The van der Waals surface area contributed by atoms with Crippen molar-refractivity contribution in [1.82, 2.24) is 9.80 Å². The molecule has 0 aromatic carbocycles. The lowest BCUT2D eigenvalue weighted by Crippen LogP contribution is -2.55. The average molecular weight is 310 g/mol. The Morgan fingerprint density at radius 2 is 1.68 bits per heavy atom. The Bertz CT molecular complexity index is 374. The molecule has 3 atom stereocenters. The molecule has 0 N–H and O–H groups in total. The van der Waals surface area contributed by atoms with Gasteiger partial charge < -0.3 is 14.4 Å². The lowest BCUT2D eigenvalue weighted by molar-refractivity contribution is -0.145. The number of hydrogen-bond acceptors (Lipinski definition) is 4. The molecule has 126 valence electrons. The maximum Gasteiger partial charge on any atom is 0.237 e. The first-order chi connectivity index (χ1) is 10.7. The molecule has 3 aliphatic rings. The smallest absolute Gasteiger partial charge is 0.237 e. The number of likely N-dealkylation sites (tertiary alicyclic amines) is 2. The Hall–Kier alpha value is -0.650. The largest absolute Gasteiger partial charge is 0.349 e. The first-order valence-corrected chi connectivity index (χ1v) is 8.95. The highest BCUT2D eigenvalue weighted by Gasteiger charge is 2.36. The highest BCUT2D eigenvalue weighted by atomic mass is 16.7. The number of rotatable bonds is 3. The molecule has 3 unspecified atom stereocenters. The lowest BCUT2D eigenvalue weighted by atomic mass is 9.97. The molecule has 0 saturated carbocycles. The number of piperidine rings is 2. The van der Waals surface area contributed by atoms with Gasteiger partial charge in [0.25, 0.3) is 0 Å². The van der Waals surface area contributed by atoms with Gasteiger partial charge in [0.1, 0.15) is 0 Å². The van der Waals surface area contributed by atoms with Gasteiger partial charge in [0.2, 0.25) is 5.91 Å². The van der Waals surface area contributed by atoms with E-state index in [4.69, 9.17) is 9.47 Å². The third-order valence-electron chi connectivity index (χ3n) is 5.45. The molecule has 0 aliphatic carbocycles. The van der Waals surface area contributed by atoms with E-state index in [0.717, 1.165) is 25.8 Å². The summed E-state index contributed by atoms with van der Waals surface area (Å²) < 4.78 is 11.4. The van der Waals surface area contributed by atoms with E-state index in [1.165, 1.54) is 19.3 Å². The van der Waals surface area contributed by atoms with Gasteiger partial charge in [0.05, 0.1) is 25.8 Å². The van der Waals surface area contributed by atoms with E-state index < -0.39 is 0 Å². The van der Waals surface area contributed by atoms with Crippen molar-refractivity contribution < 1.29 is 14.3 Å². The summed E-state index contributed by atoms with van der Waals surface area (Å²) in [6.07, 6.45) is 6.81. The van der Waals surface area contributed by atoms with E-state index in [2.05, 4.69) is 23.6 Å². The molecule has 0 aromatic heterocycles. The van der Waals surface area contributed by atoms with Crippen LogP contribution in [0.2, 0.25) is 0 Å². The van der Waals surface area contributed by atoms with Crippen molar-refractivity contribution in [3.05, 3.63) is 0 Å². The van der Waals surface area contributed by atoms with Crippen LogP contribution in [0.4, 0.5) is 0 Å². The number of carbonyl (C=O) groups is 1. The van der Waals surface area contributed by atoms with Crippen LogP contribution in [0, 0.1) is 0 Å². The van der Waals surface area contributed by atoms with E-state index in [-0.39, 0.29) is 18.2 Å². The lowest BCUT2D eigenvalue weighted by Gasteiger charge is -2.42. The normalized spacial score (nSPS) is 35.0. The summed E-state index contributed by atoms with van der Waals surface area (Å²) in [5.74, 6) is 0.282. The summed E-state index contributed by atoms with van der Waals surface area (Å²) in [6, 6.07) is 0.993. The number of ether oxygens (including phenoxy) is 2. The van der Waals surface area contributed by atoms with Crippen molar-refractivity contribution >= 4 is 5.91 Å². The molecule has 3 saturated heterocycles. The topological polar surface area (TPSA) is 42.0 Å². The highest BCUT2D eigenvalue weighted by molar-refractivity contribution is 5.79. The van der Waals surface area contributed by atoms with Crippen molar-refractivity contribution in [1.29, 1.82) is 0 Å². The van der Waals surface area contributed by atoms with Crippen LogP contribution >= 0.6 is 0 Å². The van der Waals surface area contributed by atoms with Crippen LogP contribution in [0.1, 0.15) is 52.4 Å². The fourth-order valence-electron chi connectivity index (χ4n) is 4.29. The quantitative estimate of drug-likeness (QED) is 0.799. The van der Waals surface area contributed by atoms with E-state index in [0.29, 0.717) is 31.8 Å². The third kappa shape index (κ3) is 3.47. The van der Waals surface area contributed by atoms with Gasteiger partial charge in [-0.1, -0.05) is 6.42 Å². The third-order valence-corrected chi connectivity index (χ3v) is 5.45. The Morgan fingerprint density at radius 3 is 2.36 bits per heavy atom. The van der Waals surface area contributed by atoms with Gasteiger partial charge >= 0.3 is 0 Å². The Balaban J connectivity index is 1.63. The molecule has 5 nitrogen and oxygen atoms in total. The van der Waals surface area contributed by atoms with Crippen LogP contribution in [-0.4, -0.2) is 66.4 Å². The van der Waals surface area contributed by atoms with E-state index in [9.17, 15) is 4.79 Å². The fourth-order valence-corrected chi connectivity index (χ4v) is 4.29. The first-order valence-electron chi connectivity index (χ1n) is 8.95. The molecule has 1 amide bonds. The van der Waals surface area contributed by atoms with Crippen molar-refractivity contribution in [2.75, 3.05) is 26.3 Å². The Labute approximate surface area is 133 Å². The van der Waals surface area contributed by atoms with Gasteiger partial charge in [-0.25, -0.2) is 0 Å². The zero-order valence-corrected chi connectivity index (χ0v) is 14.0. The second-order valence-electron chi connectivity index (χ2n) is 7.07. The average Bonchev–Trinajstić information content (AvgIpc) is 3.01. The monoisotopic (exact) mass is 310 g/mol. The van der Waals surface area contributed by atoms with Crippen LogP contribution in [0.15, 0.2) is 0 Å². The van der Waals surface area contributed by atoms with E-state index in [1.807, 2.05) is 0 Å². The molecule has 3 aliphatic heterocycles. The first kappa shape index (κ1) is 16.2. The molecule has 3 fully saturated rings. The summed E-state index contributed by atoms with van der Waals surface area (Å²) in [4.78, 5) is 17.3. The van der Waals surface area contributed by atoms with Crippen molar-refractivity contribution in [2.24, 2.45) is 0 Å². The molecule has 3 heterocycles. The van der Waals surface area contributed by atoms with Gasteiger partial charge in [0.15, 0.2) is 6.29 Å². The zero-order chi connectivity index (χ0) is 15.5.